The van der Waals surface area contributed by atoms with Gasteiger partial charge in [0.15, 0.2) is 0 Å². The van der Waals surface area contributed by atoms with Gasteiger partial charge in [0, 0.05) is 24.9 Å². The van der Waals surface area contributed by atoms with Crippen molar-refractivity contribution in [2.75, 3.05) is 26.7 Å². The maximum absolute atomic E-state index is 5.81. The summed E-state index contributed by atoms with van der Waals surface area (Å²) in [7, 11) is 2.06. The highest BCUT2D eigenvalue weighted by molar-refractivity contribution is 7.13. The maximum atomic E-state index is 5.81. The van der Waals surface area contributed by atoms with Crippen LogP contribution in [0.3, 0.4) is 0 Å². The molecule has 2 rings (SSSR count). The van der Waals surface area contributed by atoms with Gasteiger partial charge >= 0.3 is 0 Å². The number of ether oxygens (including phenoxy) is 1. The Morgan fingerprint density at radius 1 is 1.28 bits per heavy atom. The molecule has 0 aliphatic rings. The van der Waals surface area contributed by atoms with Crippen LogP contribution >= 0.6 is 11.5 Å². The summed E-state index contributed by atoms with van der Waals surface area (Å²) in [5, 5.41) is 1.20. The van der Waals surface area contributed by atoms with E-state index in [1.54, 1.807) is 0 Å². The summed E-state index contributed by atoms with van der Waals surface area (Å²) in [4.78, 5) is 2.18. The summed E-state index contributed by atoms with van der Waals surface area (Å²) in [6, 6.07) is 6.18. The fraction of sp³-hybridized carbons (Fsp3) is 0.286. The molecule has 25 heavy (non-hydrogen) atoms. The smallest absolute Gasteiger partial charge is 0.121 e. The molecule has 0 N–H and O–H groups in total. The van der Waals surface area contributed by atoms with Crippen LogP contribution in [-0.2, 0) is 6.42 Å². The molecule has 0 aliphatic heterocycles. The van der Waals surface area contributed by atoms with Gasteiger partial charge in [0.1, 0.15) is 12.4 Å². The van der Waals surface area contributed by atoms with E-state index < -0.39 is 0 Å². The number of benzene rings is 1. The summed E-state index contributed by atoms with van der Waals surface area (Å²) in [5.74, 6) is 0.879. The van der Waals surface area contributed by atoms with Crippen molar-refractivity contribution in [2.45, 2.75) is 13.3 Å². The number of rotatable bonds is 10. The van der Waals surface area contributed by atoms with Crippen molar-refractivity contribution in [3.8, 4) is 5.75 Å². The van der Waals surface area contributed by atoms with Crippen LogP contribution in [0.1, 0.15) is 12.6 Å². The molecule has 0 aliphatic carbocycles. The van der Waals surface area contributed by atoms with Crippen molar-refractivity contribution < 1.29 is 4.74 Å². The predicted molar refractivity (Wildman–Crippen MR) is 110 cm³/mol. The number of hydrogen-bond donors (Lipinski definition) is 0. The fourth-order valence-electron chi connectivity index (χ4n) is 2.34. The van der Waals surface area contributed by atoms with Gasteiger partial charge in [0.25, 0.3) is 0 Å². The zero-order chi connectivity index (χ0) is 18.1. The highest BCUT2D eigenvalue weighted by atomic mass is 32.1. The summed E-state index contributed by atoms with van der Waals surface area (Å²) in [6.45, 7) is 11.9. The van der Waals surface area contributed by atoms with Gasteiger partial charge in [-0.3, -0.25) is 4.90 Å². The van der Waals surface area contributed by atoms with Crippen LogP contribution in [0.5, 0.6) is 5.75 Å². The van der Waals surface area contributed by atoms with Crippen molar-refractivity contribution in [3.05, 3.63) is 73.0 Å². The molecular formula is C21H26N2OS. The van der Waals surface area contributed by atoms with Crippen molar-refractivity contribution >= 4 is 21.6 Å². The normalized spacial score (nSPS) is 11.8. The Morgan fingerprint density at radius 2 is 2.12 bits per heavy atom. The van der Waals surface area contributed by atoms with Crippen LogP contribution < -0.4 is 4.74 Å². The van der Waals surface area contributed by atoms with Crippen molar-refractivity contribution in [3.63, 3.8) is 0 Å². The maximum Gasteiger partial charge on any atom is 0.121 e. The van der Waals surface area contributed by atoms with Crippen LogP contribution in [0.4, 0.5) is 0 Å². The minimum atomic E-state index is 0.570. The van der Waals surface area contributed by atoms with Crippen LogP contribution in [0.2, 0.25) is 0 Å². The van der Waals surface area contributed by atoms with Gasteiger partial charge in [-0.25, -0.2) is 0 Å². The number of allylic oxidation sites excluding steroid dienone is 3. The highest BCUT2D eigenvalue weighted by Crippen LogP contribution is 2.27. The lowest BCUT2D eigenvalue weighted by Crippen LogP contribution is -2.17. The summed E-state index contributed by atoms with van der Waals surface area (Å²) >= 11 is 1.52. The second-order valence-corrected chi connectivity index (χ2v) is 6.84. The molecular weight excluding hydrogens is 328 g/mol. The van der Waals surface area contributed by atoms with Gasteiger partial charge in [0.2, 0.25) is 0 Å². The average Bonchev–Trinajstić information content (AvgIpc) is 2.97. The molecule has 1 aromatic heterocycles. The van der Waals surface area contributed by atoms with Gasteiger partial charge in [-0.1, -0.05) is 42.5 Å². The first-order chi connectivity index (χ1) is 12.1. The molecule has 0 bridgehead atoms. The molecule has 0 saturated heterocycles. The summed E-state index contributed by atoms with van der Waals surface area (Å²) in [5.41, 5.74) is 2.16. The van der Waals surface area contributed by atoms with E-state index >= 15 is 0 Å². The fourth-order valence-corrected chi connectivity index (χ4v) is 3.18. The third-order valence-electron chi connectivity index (χ3n) is 3.60. The zero-order valence-electron chi connectivity index (χ0n) is 15.1. The standard InChI is InChI=1S/C21H26N2OS/c1-5-13-23(4)14-6-7-15-24-18-11-12-19-20(10-8-9-17(2)3)22-25-21(19)16-18/h5-9,11-12,16H,1-2,10,13-15H2,3-4H3/b7-6+,9-8+. The topological polar surface area (TPSA) is 25.4 Å². The Bertz CT molecular complexity index is 773. The van der Waals surface area contributed by atoms with Crippen molar-refractivity contribution in [1.82, 2.24) is 9.27 Å². The number of hydrogen-bond acceptors (Lipinski definition) is 4. The monoisotopic (exact) mass is 354 g/mol. The van der Waals surface area contributed by atoms with E-state index in [9.17, 15) is 0 Å². The van der Waals surface area contributed by atoms with Crippen molar-refractivity contribution in [1.29, 1.82) is 0 Å². The minimum absolute atomic E-state index is 0.570. The Kier molecular flexibility index (Phi) is 7.64. The second-order valence-electron chi connectivity index (χ2n) is 6.03. The Labute approximate surface area is 154 Å². The molecule has 1 aromatic carbocycles. The number of aromatic nitrogens is 1. The molecule has 0 amide bonds. The van der Waals surface area contributed by atoms with Gasteiger partial charge < -0.3 is 4.74 Å². The second kappa shape index (κ2) is 9.97. The summed E-state index contributed by atoms with van der Waals surface area (Å²) < 4.78 is 11.5. The van der Waals surface area contributed by atoms with E-state index in [0.717, 1.165) is 41.2 Å². The minimum Gasteiger partial charge on any atom is -0.489 e. The SMILES string of the molecule is C=CCN(C)C/C=C/COc1ccc2c(C/C=C/C(=C)C)nsc2c1. The third-order valence-corrected chi connectivity index (χ3v) is 4.45. The molecule has 2 aromatic rings. The molecule has 3 nitrogen and oxygen atoms in total. The van der Waals surface area contributed by atoms with Crippen LogP contribution in [0.25, 0.3) is 10.1 Å². The van der Waals surface area contributed by atoms with E-state index in [2.05, 4.69) is 53.8 Å². The van der Waals surface area contributed by atoms with E-state index in [4.69, 9.17) is 4.74 Å². The Hall–Kier alpha value is -2.17. The van der Waals surface area contributed by atoms with Gasteiger partial charge in [-0.05, 0) is 43.7 Å². The first kappa shape index (κ1) is 19.2. The average molecular weight is 355 g/mol. The molecule has 0 spiro atoms. The highest BCUT2D eigenvalue weighted by Gasteiger charge is 2.06. The first-order valence-corrected chi connectivity index (χ1v) is 9.15. The lowest BCUT2D eigenvalue weighted by atomic mass is 10.1. The lowest BCUT2D eigenvalue weighted by Gasteiger charge is -2.10. The molecule has 0 unspecified atom stereocenters. The van der Waals surface area contributed by atoms with Crippen LogP contribution in [0.15, 0.2) is 67.3 Å². The van der Waals surface area contributed by atoms with Gasteiger partial charge in [0.05, 0.1) is 10.4 Å². The molecule has 0 radical (unpaired) electrons. The van der Waals surface area contributed by atoms with Crippen LogP contribution in [0, 0.1) is 0 Å². The van der Waals surface area contributed by atoms with E-state index in [1.165, 1.54) is 16.9 Å². The van der Waals surface area contributed by atoms with Gasteiger partial charge in [-0.15, -0.1) is 6.58 Å². The largest absolute Gasteiger partial charge is 0.489 e. The number of fused-ring (bicyclic) bond motifs is 1. The van der Waals surface area contributed by atoms with Gasteiger partial charge in [-0.2, -0.15) is 4.37 Å². The Morgan fingerprint density at radius 3 is 2.88 bits per heavy atom. The number of nitrogens with zero attached hydrogens (tertiary/aromatic N) is 2. The quantitative estimate of drug-likeness (QED) is 0.442. The molecule has 132 valence electrons. The predicted octanol–water partition coefficient (Wildman–Crippen LogP) is 5.02. The molecule has 1 heterocycles. The molecule has 0 saturated carbocycles. The molecule has 0 atom stereocenters. The molecule has 0 fully saturated rings. The van der Waals surface area contributed by atoms with E-state index in [-0.39, 0.29) is 0 Å². The first-order valence-electron chi connectivity index (χ1n) is 8.37. The van der Waals surface area contributed by atoms with Crippen LogP contribution in [-0.4, -0.2) is 36.0 Å². The third kappa shape index (κ3) is 6.33. The zero-order valence-corrected chi connectivity index (χ0v) is 15.9. The Balaban J connectivity index is 1.90. The molecule has 4 heteroatoms. The lowest BCUT2D eigenvalue weighted by molar-refractivity contribution is 0.361. The van der Waals surface area contributed by atoms with Crippen molar-refractivity contribution in [2.24, 2.45) is 0 Å². The summed E-state index contributed by atoms with van der Waals surface area (Å²) in [6.07, 6.45) is 11.0. The van der Waals surface area contributed by atoms with E-state index in [1.807, 2.05) is 31.2 Å². The van der Waals surface area contributed by atoms with E-state index in [0.29, 0.717) is 6.61 Å². The number of likely N-dealkylation sites (N-methyl/N-ethyl adjacent to an activating group) is 1.